The number of aromatic nitrogens is 1. The van der Waals surface area contributed by atoms with Crippen molar-refractivity contribution < 1.29 is 27.9 Å². The third-order valence-electron chi connectivity index (χ3n) is 5.89. The summed E-state index contributed by atoms with van der Waals surface area (Å²) in [5, 5.41) is 12.0. The summed E-state index contributed by atoms with van der Waals surface area (Å²) in [4.78, 5) is 28.7. The number of hydrogen-bond donors (Lipinski definition) is 2. The molecule has 0 bridgehead atoms. The maximum Gasteiger partial charge on any atom is 0.433 e. The summed E-state index contributed by atoms with van der Waals surface area (Å²) >= 11 is 0. The predicted molar refractivity (Wildman–Crippen MR) is 83.3 cm³/mol. The first-order valence-electron chi connectivity index (χ1n) is 8.54. The lowest BCUT2D eigenvalue weighted by atomic mass is 9.80. The Morgan fingerprint density at radius 1 is 1.31 bits per heavy atom. The molecule has 6 nitrogen and oxygen atoms in total. The second-order valence-corrected chi connectivity index (χ2v) is 7.41. The molecule has 1 unspecified atom stereocenters. The summed E-state index contributed by atoms with van der Waals surface area (Å²) in [6.45, 7) is 0.748. The molecule has 2 heterocycles. The van der Waals surface area contributed by atoms with Gasteiger partial charge in [0, 0.05) is 30.7 Å². The van der Waals surface area contributed by atoms with Crippen LogP contribution in [-0.4, -0.2) is 46.1 Å². The molecule has 2 saturated carbocycles. The third kappa shape index (κ3) is 2.69. The van der Waals surface area contributed by atoms with Gasteiger partial charge in [-0.05, 0) is 37.3 Å². The first-order valence-corrected chi connectivity index (χ1v) is 8.54. The number of hydrogen-bond acceptors (Lipinski definition) is 3. The summed E-state index contributed by atoms with van der Waals surface area (Å²) in [6, 6.07) is 3.42. The lowest BCUT2D eigenvalue weighted by molar-refractivity contribution is -0.147. The van der Waals surface area contributed by atoms with Gasteiger partial charge in [0.1, 0.15) is 5.69 Å². The lowest BCUT2D eigenvalue weighted by Crippen LogP contribution is -2.52. The molecule has 0 radical (unpaired) electrons. The fourth-order valence-corrected chi connectivity index (χ4v) is 4.23. The number of amides is 2. The Morgan fingerprint density at radius 2 is 2.08 bits per heavy atom. The van der Waals surface area contributed by atoms with Crippen molar-refractivity contribution >= 4 is 12.0 Å². The highest BCUT2D eigenvalue weighted by molar-refractivity contribution is 5.82. The number of nitrogens with one attached hydrogen (secondary N) is 1. The molecule has 4 atom stereocenters. The maximum atomic E-state index is 12.8. The largest absolute Gasteiger partial charge is 0.481 e. The molecule has 140 valence electrons. The molecule has 0 spiro atoms. The Labute approximate surface area is 147 Å². The highest BCUT2D eigenvalue weighted by Crippen LogP contribution is 2.67. The second kappa shape index (κ2) is 5.59. The number of nitrogens with zero attached hydrogens (tertiary/aromatic N) is 2. The number of carbonyl (C=O) groups excluding carboxylic acids is 1. The van der Waals surface area contributed by atoms with Gasteiger partial charge in [-0.1, -0.05) is 6.07 Å². The summed E-state index contributed by atoms with van der Waals surface area (Å²) in [5.74, 6) is -1.03. The molecule has 2 amide bonds. The first kappa shape index (κ1) is 17.1. The van der Waals surface area contributed by atoms with Crippen molar-refractivity contribution in [3.05, 3.63) is 29.6 Å². The Morgan fingerprint density at radius 3 is 2.69 bits per heavy atom. The van der Waals surface area contributed by atoms with Crippen LogP contribution in [0.4, 0.5) is 18.0 Å². The van der Waals surface area contributed by atoms with Gasteiger partial charge in [-0.15, -0.1) is 0 Å². The summed E-state index contributed by atoms with van der Waals surface area (Å²) in [6.07, 6.45) is -2.89. The van der Waals surface area contributed by atoms with E-state index in [9.17, 15) is 22.8 Å². The van der Waals surface area contributed by atoms with E-state index in [2.05, 4.69) is 10.3 Å². The zero-order valence-corrected chi connectivity index (χ0v) is 13.8. The molecule has 1 aromatic rings. The number of likely N-dealkylation sites (tertiary alicyclic amines) is 1. The van der Waals surface area contributed by atoms with Gasteiger partial charge in [0.25, 0.3) is 0 Å². The minimum Gasteiger partial charge on any atom is -0.481 e. The van der Waals surface area contributed by atoms with E-state index in [1.165, 1.54) is 6.07 Å². The number of carboxylic acids is 1. The molecule has 0 aromatic carbocycles. The normalized spacial score (nSPS) is 32.6. The first-order chi connectivity index (χ1) is 12.2. The number of alkyl halides is 3. The molecular weight excluding hydrogens is 351 g/mol. The highest BCUT2D eigenvalue weighted by Gasteiger charge is 2.72. The van der Waals surface area contributed by atoms with Crippen molar-refractivity contribution in [3.8, 4) is 0 Å². The van der Waals surface area contributed by atoms with Crippen LogP contribution in [-0.2, 0) is 11.0 Å². The van der Waals surface area contributed by atoms with Gasteiger partial charge in [0.05, 0.1) is 5.41 Å². The Bertz CT molecular complexity index is 769. The van der Waals surface area contributed by atoms with Crippen molar-refractivity contribution in [2.24, 2.45) is 11.3 Å². The number of rotatable bonds is 3. The third-order valence-corrected chi connectivity index (χ3v) is 5.89. The fourth-order valence-electron chi connectivity index (χ4n) is 4.23. The quantitative estimate of drug-likeness (QED) is 0.858. The van der Waals surface area contributed by atoms with E-state index < -0.39 is 23.3 Å². The number of urea groups is 1. The van der Waals surface area contributed by atoms with Crippen LogP contribution in [0.15, 0.2) is 18.2 Å². The number of aliphatic carboxylic acids is 1. The molecule has 1 aliphatic heterocycles. The summed E-state index contributed by atoms with van der Waals surface area (Å²) in [7, 11) is 0. The van der Waals surface area contributed by atoms with Crippen LogP contribution in [0.25, 0.3) is 0 Å². The fraction of sp³-hybridized carbons (Fsp3) is 0.588. The molecule has 2 N–H and O–H groups in total. The molecule has 3 aliphatic rings. The van der Waals surface area contributed by atoms with Crippen LogP contribution in [0.1, 0.15) is 36.6 Å². The van der Waals surface area contributed by atoms with E-state index >= 15 is 0 Å². The van der Waals surface area contributed by atoms with Gasteiger partial charge in [-0.25, -0.2) is 9.78 Å². The van der Waals surface area contributed by atoms with Gasteiger partial charge in [0.15, 0.2) is 0 Å². The Kier molecular flexibility index (Phi) is 3.68. The van der Waals surface area contributed by atoms with Crippen LogP contribution >= 0.6 is 0 Å². The standard InChI is InChI=1S/C17H18F3N3O3/c18-17(19,20)13-3-1-2-11(21-13)9-4-5-23(8-9)15(26)22-12-7-16(14(24)25)6-10(12)16/h1-3,9-10,12H,4-8H2,(H,22,26)(H,24,25)/t9?,10-,12-,16-/m0/s1. The molecule has 3 fully saturated rings. The summed E-state index contributed by atoms with van der Waals surface area (Å²) in [5.41, 5.74) is -1.22. The van der Waals surface area contributed by atoms with E-state index in [1.54, 1.807) is 11.0 Å². The predicted octanol–water partition coefficient (Wildman–Crippen LogP) is 2.46. The van der Waals surface area contributed by atoms with Gasteiger partial charge in [-0.3, -0.25) is 4.79 Å². The minimum atomic E-state index is -4.49. The zero-order chi connectivity index (χ0) is 18.7. The van der Waals surface area contributed by atoms with Crippen LogP contribution in [0, 0.1) is 11.3 Å². The van der Waals surface area contributed by atoms with Crippen molar-refractivity contribution in [3.63, 3.8) is 0 Å². The monoisotopic (exact) mass is 369 g/mol. The molecule has 1 aromatic heterocycles. The Balaban J connectivity index is 1.34. The zero-order valence-electron chi connectivity index (χ0n) is 13.8. The number of pyridine rings is 1. The van der Waals surface area contributed by atoms with Crippen molar-refractivity contribution in [2.45, 2.75) is 37.4 Å². The molecular formula is C17H18F3N3O3. The van der Waals surface area contributed by atoms with Crippen LogP contribution in [0.2, 0.25) is 0 Å². The average molecular weight is 369 g/mol. The van der Waals surface area contributed by atoms with Gasteiger partial charge in [-0.2, -0.15) is 13.2 Å². The highest BCUT2D eigenvalue weighted by atomic mass is 19.4. The minimum absolute atomic E-state index is 0.00693. The number of carbonyl (C=O) groups is 2. The number of carboxylic acid groups (broad SMARTS) is 1. The smallest absolute Gasteiger partial charge is 0.433 e. The van der Waals surface area contributed by atoms with E-state index in [1.807, 2.05) is 0 Å². The van der Waals surface area contributed by atoms with Crippen molar-refractivity contribution in [1.29, 1.82) is 0 Å². The van der Waals surface area contributed by atoms with Crippen LogP contribution < -0.4 is 5.32 Å². The van der Waals surface area contributed by atoms with Crippen LogP contribution in [0.3, 0.4) is 0 Å². The number of halogens is 3. The lowest BCUT2D eigenvalue weighted by Gasteiger charge is -2.33. The van der Waals surface area contributed by atoms with Crippen molar-refractivity contribution in [1.82, 2.24) is 15.2 Å². The average Bonchev–Trinajstić information content (AvgIpc) is 2.94. The van der Waals surface area contributed by atoms with Crippen LogP contribution in [0.5, 0.6) is 0 Å². The van der Waals surface area contributed by atoms with Gasteiger partial charge >= 0.3 is 18.2 Å². The van der Waals surface area contributed by atoms with E-state index in [0.717, 1.165) is 6.07 Å². The van der Waals surface area contributed by atoms with E-state index in [0.29, 0.717) is 38.0 Å². The van der Waals surface area contributed by atoms with Crippen molar-refractivity contribution in [2.75, 3.05) is 13.1 Å². The van der Waals surface area contributed by atoms with Gasteiger partial charge < -0.3 is 15.3 Å². The maximum absolute atomic E-state index is 12.8. The molecule has 2 aliphatic carbocycles. The Hall–Kier alpha value is -2.32. The molecule has 1 saturated heterocycles. The molecule has 4 rings (SSSR count). The van der Waals surface area contributed by atoms with E-state index in [4.69, 9.17) is 5.11 Å². The van der Waals surface area contributed by atoms with Gasteiger partial charge in [0.2, 0.25) is 0 Å². The molecule has 26 heavy (non-hydrogen) atoms. The topological polar surface area (TPSA) is 82.5 Å². The molecule has 9 heteroatoms. The SMILES string of the molecule is O=C(N[C@H]1C[C@@]2(C(=O)O)C[C@@H]12)N1CCC(c2cccc(C(F)(F)F)n2)C1. The second-order valence-electron chi connectivity index (χ2n) is 7.41. The van der Waals surface area contributed by atoms with E-state index in [-0.39, 0.29) is 23.9 Å². The summed E-state index contributed by atoms with van der Waals surface area (Å²) < 4.78 is 38.4. The number of fused-ring (bicyclic) bond motifs is 1.